The number of carboxylic acid groups (broad SMARTS) is 1. The van der Waals surface area contributed by atoms with Gasteiger partial charge >= 0.3 is 5.97 Å². The lowest BCUT2D eigenvalue weighted by Crippen LogP contribution is -2.58. The van der Waals surface area contributed by atoms with Gasteiger partial charge in [0.05, 0.1) is 6.61 Å². The molecule has 9 N–H and O–H groups in total. The van der Waals surface area contributed by atoms with E-state index in [4.69, 9.17) is 16.6 Å². The van der Waals surface area contributed by atoms with E-state index in [0.717, 1.165) is 5.56 Å². The highest BCUT2D eigenvalue weighted by molar-refractivity contribution is 5.94. The number of hydrogen-bond donors (Lipinski definition) is 7. The van der Waals surface area contributed by atoms with Gasteiger partial charge in [0, 0.05) is 6.42 Å². The number of carboxylic acids is 1. The molecule has 0 aliphatic rings. The van der Waals surface area contributed by atoms with Crippen molar-refractivity contribution in [1.82, 2.24) is 16.0 Å². The lowest BCUT2D eigenvalue weighted by Gasteiger charge is -2.26. The van der Waals surface area contributed by atoms with Gasteiger partial charge < -0.3 is 37.6 Å². The third-order valence-electron chi connectivity index (χ3n) is 5.35. The number of carbonyl (C=O) groups excluding carboxylic acids is 3. The van der Waals surface area contributed by atoms with Gasteiger partial charge in [-0.15, -0.1) is 0 Å². The molecule has 0 bridgehead atoms. The number of nitrogens with two attached hydrogens (primary N) is 2. The standard InChI is InChI=1S/C24H39N5O6/c1-15(2)12-19(28-21(31)17(26)14-30)22(32)29-20(13-16-8-4-3-5-9-16)23(33)27-18(24(34)35)10-6-7-11-25/h3-5,8-9,15,17-20,30H,6-7,10-14,25-26H2,1-2H3,(H,27,33)(H,28,31)(H,29,32)(H,34,35). The third-order valence-corrected chi connectivity index (χ3v) is 5.35. The Hall–Kier alpha value is -3.02. The largest absolute Gasteiger partial charge is 0.480 e. The number of aliphatic hydroxyl groups excluding tert-OH is 1. The van der Waals surface area contributed by atoms with Crippen LogP contribution in [0.2, 0.25) is 0 Å². The Kier molecular flexibility index (Phi) is 13.5. The zero-order valence-electron chi connectivity index (χ0n) is 20.4. The number of benzene rings is 1. The van der Waals surface area contributed by atoms with Crippen molar-refractivity contribution >= 4 is 23.7 Å². The fourth-order valence-electron chi connectivity index (χ4n) is 3.42. The van der Waals surface area contributed by atoms with Crippen molar-refractivity contribution in [2.75, 3.05) is 13.2 Å². The lowest BCUT2D eigenvalue weighted by atomic mass is 10.0. The van der Waals surface area contributed by atoms with Crippen molar-refractivity contribution in [3.05, 3.63) is 35.9 Å². The van der Waals surface area contributed by atoms with Crippen molar-refractivity contribution in [2.24, 2.45) is 17.4 Å². The number of aliphatic hydroxyl groups is 1. The summed E-state index contributed by atoms with van der Waals surface area (Å²) >= 11 is 0. The number of hydrogen-bond acceptors (Lipinski definition) is 7. The highest BCUT2D eigenvalue weighted by Crippen LogP contribution is 2.09. The highest BCUT2D eigenvalue weighted by Gasteiger charge is 2.30. The number of carbonyl (C=O) groups is 4. The molecule has 0 aliphatic carbocycles. The fraction of sp³-hybridized carbons (Fsp3) is 0.583. The van der Waals surface area contributed by atoms with Gasteiger partial charge in [-0.1, -0.05) is 44.2 Å². The van der Waals surface area contributed by atoms with E-state index >= 15 is 0 Å². The molecule has 0 spiro atoms. The molecule has 4 atom stereocenters. The molecule has 0 fully saturated rings. The van der Waals surface area contributed by atoms with Crippen LogP contribution in [0.1, 0.15) is 45.1 Å². The summed E-state index contributed by atoms with van der Waals surface area (Å²) in [5.74, 6) is -3.10. The predicted molar refractivity (Wildman–Crippen MR) is 131 cm³/mol. The number of aliphatic carboxylic acids is 1. The normalized spacial score (nSPS) is 14.5. The van der Waals surface area contributed by atoms with Crippen LogP contribution in [0.15, 0.2) is 30.3 Å². The molecule has 3 amide bonds. The molecule has 11 nitrogen and oxygen atoms in total. The minimum atomic E-state index is -1.19. The topological polar surface area (TPSA) is 197 Å². The van der Waals surface area contributed by atoms with E-state index in [1.54, 1.807) is 24.3 Å². The maximum atomic E-state index is 13.1. The maximum Gasteiger partial charge on any atom is 0.326 e. The zero-order valence-corrected chi connectivity index (χ0v) is 20.4. The summed E-state index contributed by atoms with van der Waals surface area (Å²) < 4.78 is 0. The minimum absolute atomic E-state index is 0.0248. The Morgan fingerprint density at radius 3 is 2.00 bits per heavy atom. The van der Waals surface area contributed by atoms with Crippen LogP contribution < -0.4 is 27.4 Å². The first-order valence-electron chi connectivity index (χ1n) is 11.8. The molecule has 11 heteroatoms. The van der Waals surface area contributed by atoms with E-state index in [9.17, 15) is 24.3 Å². The molecule has 0 saturated carbocycles. The summed E-state index contributed by atoms with van der Waals surface area (Å²) in [5, 5.41) is 26.4. The van der Waals surface area contributed by atoms with Crippen molar-refractivity contribution < 1.29 is 29.4 Å². The number of amides is 3. The minimum Gasteiger partial charge on any atom is -0.480 e. The predicted octanol–water partition coefficient (Wildman–Crippen LogP) is -0.737. The average molecular weight is 494 g/mol. The number of unbranched alkanes of at least 4 members (excludes halogenated alkanes) is 1. The Morgan fingerprint density at radius 2 is 1.46 bits per heavy atom. The highest BCUT2D eigenvalue weighted by atomic mass is 16.4. The third kappa shape index (κ3) is 11.3. The van der Waals surface area contributed by atoms with Gasteiger partial charge in [0.25, 0.3) is 0 Å². The molecule has 4 unspecified atom stereocenters. The van der Waals surface area contributed by atoms with Gasteiger partial charge in [0.2, 0.25) is 17.7 Å². The van der Waals surface area contributed by atoms with Crippen molar-refractivity contribution in [3.63, 3.8) is 0 Å². The Balaban J connectivity index is 3.08. The molecule has 196 valence electrons. The van der Waals surface area contributed by atoms with E-state index in [-0.39, 0.29) is 25.2 Å². The molecule has 0 heterocycles. The molecular weight excluding hydrogens is 454 g/mol. The van der Waals surface area contributed by atoms with Crippen LogP contribution in [0, 0.1) is 5.92 Å². The van der Waals surface area contributed by atoms with E-state index in [0.29, 0.717) is 19.4 Å². The lowest BCUT2D eigenvalue weighted by molar-refractivity contribution is -0.142. The van der Waals surface area contributed by atoms with E-state index in [2.05, 4.69) is 16.0 Å². The molecule has 0 aliphatic heterocycles. The molecule has 0 saturated heterocycles. The van der Waals surface area contributed by atoms with Crippen LogP contribution in [-0.4, -0.2) is 71.2 Å². The van der Waals surface area contributed by atoms with Crippen LogP contribution in [0.3, 0.4) is 0 Å². The summed E-state index contributed by atoms with van der Waals surface area (Å²) in [5.41, 5.74) is 11.8. The SMILES string of the molecule is CC(C)CC(NC(=O)C(N)CO)C(=O)NC(Cc1ccccc1)C(=O)NC(CCCCN)C(=O)O. The molecule has 35 heavy (non-hydrogen) atoms. The van der Waals surface area contributed by atoms with E-state index in [1.165, 1.54) is 0 Å². The first kappa shape index (κ1) is 30.0. The van der Waals surface area contributed by atoms with E-state index < -0.39 is 54.5 Å². The Bertz CT molecular complexity index is 820. The first-order valence-corrected chi connectivity index (χ1v) is 11.8. The molecular formula is C24H39N5O6. The zero-order chi connectivity index (χ0) is 26.4. The van der Waals surface area contributed by atoms with Gasteiger partial charge in [0.15, 0.2) is 0 Å². The molecule has 0 aromatic heterocycles. The summed E-state index contributed by atoms with van der Waals surface area (Å²) in [6.45, 7) is 3.56. The van der Waals surface area contributed by atoms with Gasteiger partial charge in [-0.25, -0.2) is 4.79 Å². The molecule has 1 rings (SSSR count). The quantitative estimate of drug-likeness (QED) is 0.146. The first-order chi connectivity index (χ1) is 16.6. The summed E-state index contributed by atoms with van der Waals surface area (Å²) in [4.78, 5) is 50.1. The van der Waals surface area contributed by atoms with Crippen molar-refractivity contribution in [1.29, 1.82) is 0 Å². The van der Waals surface area contributed by atoms with Crippen LogP contribution >= 0.6 is 0 Å². The average Bonchev–Trinajstić information content (AvgIpc) is 2.82. The number of rotatable bonds is 16. The van der Waals surface area contributed by atoms with Crippen molar-refractivity contribution in [3.8, 4) is 0 Å². The van der Waals surface area contributed by atoms with Gasteiger partial charge in [-0.05, 0) is 43.7 Å². The maximum absolute atomic E-state index is 13.1. The number of nitrogens with one attached hydrogen (secondary N) is 3. The van der Waals surface area contributed by atoms with Gasteiger partial charge in [0.1, 0.15) is 24.2 Å². The van der Waals surface area contributed by atoms with Crippen LogP contribution in [0.5, 0.6) is 0 Å². The van der Waals surface area contributed by atoms with Gasteiger partial charge in [-0.2, -0.15) is 0 Å². The van der Waals surface area contributed by atoms with Crippen LogP contribution in [0.4, 0.5) is 0 Å². The van der Waals surface area contributed by atoms with Crippen LogP contribution in [-0.2, 0) is 25.6 Å². The monoisotopic (exact) mass is 493 g/mol. The molecule has 0 radical (unpaired) electrons. The Labute approximate surface area is 206 Å². The fourth-order valence-corrected chi connectivity index (χ4v) is 3.42. The summed E-state index contributed by atoms with van der Waals surface area (Å²) in [7, 11) is 0. The summed E-state index contributed by atoms with van der Waals surface area (Å²) in [6, 6.07) is 4.57. The smallest absolute Gasteiger partial charge is 0.326 e. The van der Waals surface area contributed by atoms with E-state index in [1.807, 2.05) is 19.9 Å². The molecule has 1 aromatic carbocycles. The molecule has 1 aromatic rings. The second-order valence-electron chi connectivity index (χ2n) is 8.91. The summed E-state index contributed by atoms with van der Waals surface area (Å²) in [6.07, 6.45) is 1.74. The second kappa shape index (κ2) is 15.8. The van der Waals surface area contributed by atoms with Crippen LogP contribution in [0.25, 0.3) is 0 Å². The van der Waals surface area contributed by atoms with Gasteiger partial charge in [-0.3, -0.25) is 14.4 Å². The second-order valence-corrected chi connectivity index (χ2v) is 8.91. The Morgan fingerprint density at radius 1 is 0.886 bits per heavy atom. The van der Waals surface area contributed by atoms with Crippen molar-refractivity contribution in [2.45, 2.75) is 70.1 Å².